The largest absolute Gasteiger partial charge is 0.466 e. The molecule has 9 heteroatoms. The number of aryl methyl sites for hydroxylation is 3. The normalized spacial score (nSPS) is 13.3. The molecule has 2 aromatic heterocycles. The van der Waals surface area contributed by atoms with E-state index in [-0.39, 0.29) is 37.3 Å². The topological polar surface area (TPSA) is 64.1 Å². The Balaban J connectivity index is 0.00000342. The number of esters is 1. The van der Waals surface area contributed by atoms with Gasteiger partial charge in [0.05, 0.1) is 23.7 Å². The number of nitrogens with one attached hydrogen (secondary N) is 1. The van der Waals surface area contributed by atoms with E-state index in [0.29, 0.717) is 12.0 Å². The van der Waals surface area contributed by atoms with Crippen LogP contribution in [-0.4, -0.2) is 29.1 Å². The molecular formula is C26H30ClF2N3O2S. The van der Waals surface area contributed by atoms with Crippen molar-refractivity contribution in [2.45, 2.75) is 57.8 Å². The monoisotopic (exact) mass is 521 g/mol. The third kappa shape index (κ3) is 7.45. The highest BCUT2D eigenvalue weighted by molar-refractivity contribution is 7.09. The van der Waals surface area contributed by atoms with Crippen molar-refractivity contribution in [2.24, 2.45) is 0 Å². The molecule has 0 aliphatic carbocycles. The number of hydrogen-bond donors (Lipinski definition) is 1. The Hall–Kier alpha value is -2.58. The van der Waals surface area contributed by atoms with Crippen LogP contribution < -0.4 is 5.32 Å². The summed E-state index contributed by atoms with van der Waals surface area (Å²) in [6.45, 7) is 3.00. The molecule has 1 unspecified atom stereocenters. The molecule has 4 rings (SSSR count). The molecule has 0 saturated heterocycles. The van der Waals surface area contributed by atoms with Gasteiger partial charge in [-0.25, -0.2) is 18.7 Å². The fourth-order valence-corrected chi connectivity index (χ4v) is 5.09. The lowest BCUT2D eigenvalue weighted by atomic mass is 9.91. The number of carbonyl (C=O) groups excluding carboxylic acids is 1. The molecule has 1 aromatic carbocycles. The Morgan fingerprint density at radius 2 is 2.00 bits per heavy atom. The van der Waals surface area contributed by atoms with Gasteiger partial charge in [0, 0.05) is 17.6 Å². The highest BCUT2D eigenvalue weighted by Crippen LogP contribution is 2.28. The zero-order chi connectivity index (χ0) is 23.9. The van der Waals surface area contributed by atoms with Crippen molar-refractivity contribution in [1.29, 1.82) is 0 Å². The summed E-state index contributed by atoms with van der Waals surface area (Å²) in [5.74, 6) is -1.50. The molecule has 1 aliphatic heterocycles. The molecule has 1 aliphatic rings. The number of benzene rings is 1. The maximum Gasteiger partial charge on any atom is 0.306 e. The predicted octanol–water partition coefficient (Wildman–Crippen LogP) is 6.05. The number of hydrogen-bond acceptors (Lipinski definition) is 6. The Bertz CT molecular complexity index is 1140. The number of thiazole rings is 1. The minimum absolute atomic E-state index is 0. The number of fused-ring (bicyclic) bond motifs is 1. The van der Waals surface area contributed by atoms with Crippen LogP contribution in [0, 0.1) is 11.6 Å². The lowest BCUT2D eigenvalue weighted by molar-refractivity contribution is -0.143. The zero-order valence-corrected chi connectivity index (χ0v) is 21.3. The van der Waals surface area contributed by atoms with Gasteiger partial charge in [0.15, 0.2) is 11.6 Å². The Morgan fingerprint density at radius 1 is 1.14 bits per heavy atom. The van der Waals surface area contributed by atoms with Crippen molar-refractivity contribution in [1.82, 2.24) is 9.97 Å². The maximum atomic E-state index is 13.8. The molecule has 0 fully saturated rings. The van der Waals surface area contributed by atoms with Crippen molar-refractivity contribution in [3.63, 3.8) is 0 Å². The number of pyridine rings is 1. The van der Waals surface area contributed by atoms with E-state index in [1.807, 2.05) is 5.38 Å². The van der Waals surface area contributed by atoms with Crippen LogP contribution in [0.25, 0.3) is 0 Å². The minimum atomic E-state index is -0.920. The molecule has 188 valence electrons. The highest BCUT2D eigenvalue weighted by Gasteiger charge is 2.21. The molecule has 0 saturated carbocycles. The first kappa shape index (κ1) is 27.0. The maximum absolute atomic E-state index is 13.8. The van der Waals surface area contributed by atoms with E-state index >= 15 is 0 Å². The van der Waals surface area contributed by atoms with Crippen LogP contribution in [0.1, 0.15) is 59.6 Å². The van der Waals surface area contributed by atoms with Gasteiger partial charge in [0.25, 0.3) is 0 Å². The van der Waals surface area contributed by atoms with Crippen molar-refractivity contribution in [3.05, 3.63) is 74.9 Å². The average molecular weight is 522 g/mol. The van der Waals surface area contributed by atoms with Crippen molar-refractivity contribution >= 4 is 35.5 Å². The Morgan fingerprint density at radius 3 is 2.80 bits per heavy atom. The van der Waals surface area contributed by atoms with E-state index in [4.69, 9.17) is 14.7 Å². The minimum Gasteiger partial charge on any atom is -0.466 e. The van der Waals surface area contributed by atoms with Gasteiger partial charge < -0.3 is 10.1 Å². The van der Waals surface area contributed by atoms with Gasteiger partial charge >= 0.3 is 5.97 Å². The quantitative estimate of drug-likeness (QED) is 0.329. The van der Waals surface area contributed by atoms with Crippen LogP contribution in [0.3, 0.4) is 0 Å². The van der Waals surface area contributed by atoms with Gasteiger partial charge in [0.1, 0.15) is 5.82 Å². The highest BCUT2D eigenvalue weighted by atomic mass is 35.5. The molecule has 5 nitrogen and oxygen atoms in total. The molecule has 0 amide bonds. The summed E-state index contributed by atoms with van der Waals surface area (Å²) in [5.41, 5.74) is 3.78. The number of rotatable bonds is 10. The lowest BCUT2D eigenvalue weighted by Gasteiger charge is -2.17. The van der Waals surface area contributed by atoms with Gasteiger partial charge in [-0.15, -0.1) is 23.7 Å². The first-order valence-corrected chi connectivity index (χ1v) is 12.7. The van der Waals surface area contributed by atoms with Crippen molar-refractivity contribution in [3.8, 4) is 0 Å². The summed E-state index contributed by atoms with van der Waals surface area (Å²) < 4.78 is 32.3. The van der Waals surface area contributed by atoms with E-state index in [1.54, 1.807) is 18.3 Å². The first-order valence-electron chi connectivity index (χ1n) is 11.8. The molecule has 3 heterocycles. The van der Waals surface area contributed by atoms with Gasteiger partial charge in [-0.1, -0.05) is 12.1 Å². The van der Waals surface area contributed by atoms with Crippen LogP contribution in [0.5, 0.6) is 0 Å². The Labute approximate surface area is 214 Å². The van der Waals surface area contributed by atoms with Gasteiger partial charge in [0.2, 0.25) is 0 Å². The standard InChI is InChI=1S/C26H29F2N3O2S.ClH/c1-2-33-25(32)15-19(18-9-11-22(27)23(28)14-18)13-21-16-34-24(30-21)7-3-6-20-10-8-17-5-4-12-29-26(17)31-20;/h8-11,14,16,19H,2-7,12-13,15H2,1H3,(H,29,31);1H. The first-order chi connectivity index (χ1) is 16.5. The van der Waals surface area contributed by atoms with Crippen LogP contribution in [-0.2, 0) is 35.2 Å². The van der Waals surface area contributed by atoms with Crippen LogP contribution in [0.2, 0.25) is 0 Å². The van der Waals surface area contributed by atoms with Crippen LogP contribution in [0.15, 0.2) is 35.7 Å². The molecule has 3 aromatic rings. The fraction of sp³-hybridized carbons (Fsp3) is 0.423. The molecule has 0 radical (unpaired) electrons. The van der Waals surface area contributed by atoms with E-state index in [0.717, 1.165) is 73.0 Å². The van der Waals surface area contributed by atoms with E-state index in [1.165, 1.54) is 11.6 Å². The van der Waals surface area contributed by atoms with Crippen molar-refractivity contribution in [2.75, 3.05) is 18.5 Å². The van der Waals surface area contributed by atoms with Crippen LogP contribution in [0.4, 0.5) is 14.6 Å². The summed E-state index contributed by atoms with van der Waals surface area (Å²) >= 11 is 1.59. The third-order valence-electron chi connectivity index (χ3n) is 5.96. The van der Waals surface area contributed by atoms with Crippen molar-refractivity contribution < 1.29 is 18.3 Å². The second kappa shape index (κ2) is 12.9. The summed E-state index contributed by atoms with van der Waals surface area (Å²) in [6, 6.07) is 8.07. The number of halogens is 3. The Kier molecular flexibility index (Phi) is 9.98. The summed E-state index contributed by atoms with van der Waals surface area (Å²) in [7, 11) is 0. The molecule has 0 spiro atoms. The SMILES string of the molecule is CCOC(=O)CC(Cc1csc(CCCc2ccc3c(n2)NCCC3)n1)c1ccc(F)c(F)c1.Cl. The van der Waals surface area contributed by atoms with Crippen LogP contribution >= 0.6 is 23.7 Å². The predicted molar refractivity (Wildman–Crippen MR) is 136 cm³/mol. The number of aromatic nitrogens is 2. The lowest BCUT2D eigenvalue weighted by Crippen LogP contribution is -2.14. The van der Waals surface area contributed by atoms with Gasteiger partial charge in [-0.3, -0.25) is 4.79 Å². The molecule has 0 bridgehead atoms. The molecule has 1 atom stereocenters. The molecule has 35 heavy (non-hydrogen) atoms. The third-order valence-corrected chi connectivity index (χ3v) is 6.92. The summed E-state index contributed by atoms with van der Waals surface area (Å²) in [6.07, 6.45) is 5.43. The van der Waals surface area contributed by atoms with E-state index in [2.05, 4.69) is 17.4 Å². The number of carbonyl (C=O) groups is 1. The smallest absolute Gasteiger partial charge is 0.306 e. The van der Waals surface area contributed by atoms with E-state index in [9.17, 15) is 13.6 Å². The van der Waals surface area contributed by atoms with Gasteiger partial charge in [-0.05, 0) is 80.7 Å². The van der Waals surface area contributed by atoms with Gasteiger partial charge in [-0.2, -0.15) is 0 Å². The summed E-state index contributed by atoms with van der Waals surface area (Å²) in [5, 5.41) is 6.38. The average Bonchev–Trinajstić information content (AvgIpc) is 3.27. The van der Waals surface area contributed by atoms with E-state index < -0.39 is 11.6 Å². The fourth-order valence-electron chi connectivity index (χ4n) is 4.23. The number of anilines is 1. The number of nitrogens with zero attached hydrogens (tertiary/aromatic N) is 2. The number of ether oxygens (including phenoxy) is 1. The molecular weight excluding hydrogens is 492 g/mol. The summed E-state index contributed by atoms with van der Waals surface area (Å²) in [4.78, 5) is 21.6. The second-order valence-corrected chi connectivity index (χ2v) is 9.45. The second-order valence-electron chi connectivity index (χ2n) is 8.51. The molecule has 1 N–H and O–H groups in total. The zero-order valence-electron chi connectivity index (χ0n) is 19.7.